The van der Waals surface area contributed by atoms with Crippen LogP contribution in [0.15, 0.2) is 41.1 Å². The summed E-state index contributed by atoms with van der Waals surface area (Å²) < 4.78 is 12.2. The number of anilines is 1. The molecule has 33 heavy (non-hydrogen) atoms. The monoisotopic (exact) mass is 482 g/mol. The predicted octanol–water partition coefficient (Wildman–Crippen LogP) is 6.37. The number of nitrogens with zero attached hydrogens (tertiary/aromatic N) is 4. The van der Waals surface area contributed by atoms with Gasteiger partial charge in [-0.1, -0.05) is 34.4 Å². The highest BCUT2D eigenvalue weighted by Gasteiger charge is 2.34. The number of pyridine rings is 1. The summed E-state index contributed by atoms with van der Waals surface area (Å²) in [6, 6.07) is 11.6. The zero-order valence-electron chi connectivity index (χ0n) is 18.3. The first kappa shape index (κ1) is 22.2. The van der Waals surface area contributed by atoms with Crippen LogP contribution in [0.2, 0.25) is 10.0 Å². The highest BCUT2D eigenvalue weighted by Crippen LogP contribution is 2.46. The Balaban J connectivity index is 1.30. The summed E-state index contributed by atoms with van der Waals surface area (Å²) in [5.74, 6) is 2.19. The van der Waals surface area contributed by atoms with Crippen LogP contribution < -0.4 is 4.90 Å². The van der Waals surface area contributed by atoms with Crippen molar-refractivity contribution < 1.29 is 9.26 Å². The molecule has 1 aliphatic carbocycles. The molecule has 0 N–H and O–H groups in total. The number of benzene rings is 1. The third-order valence-electron chi connectivity index (χ3n) is 6.43. The van der Waals surface area contributed by atoms with Gasteiger partial charge in [0.15, 0.2) is 0 Å². The lowest BCUT2D eigenvalue weighted by molar-refractivity contribution is 0.0174. The molecule has 0 amide bonds. The van der Waals surface area contributed by atoms with Gasteiger partial charge in [0.25, 0.3) is 0 Å². The lowest BCUT2D eigenvalue weighted by Crippen LogP contribution is -2.43. The van der Waals surface area contributed by atoms with Crippen molar-refractivity contribution in [3.8, 4) is 17.3 Å². The summed E-state index contributed by atoms with van der Waals surface area (Å²) in [4.78, 5) is 6.72. The van der Waals surface area contributed by atoms with E-state index in [-0.39, 0.29) is 12.1 Å². The van der Waals surface area contributed by atoms with E-state index < -0.39 is 0 Å². The Hall–Kier alpha value is -2.59. The Morgan fingerprint density at radius 1 is 1.18 bits per heavy atom. The zero-order chi connectivity index (χ0) is 22.9. The van der Waals surface area contributed by atoms with Crippen LogP contribution in [0, 0.1) is 11.3 Å². The Labute approximate surface area is 203 Å². The maximum Gasteiger partial charge on any atom is 0.145 e. The van der Waals surface area contributed by atoms with E-state index in [2.05, 4.69) is 28.0 Å². The lowest BCUT2D eigenvalue weighted by Gasteiger charge is -2.38. The van der Waals surface area contributed by atoms with E-state index in [1.54, 1.807) is 6.20 Å². The van der Waals surface area contributed by atoms with E-state index >= 15 is 0 Å². The van der Waals surface area contributed by atoms with Crippen LogP contribution in [0.3, 0.4) is 0 Å². The quantitative estimate of drug-likeness (QED) is 0.406. The predicted molar refractivity (Wildman–Crippen MR) is 128 cm³/mol. The van der Waals surface area contributed by atoms with E-state index in [9.17, 15) is 0 Å². The molecule has 170 valence electrons. The van der Waals surface area contributed by atoms with Gasteiger partial charge in [-0.05, 0) is 56.9 Å². The van der Waals surface area contributed by atoms with Gasteiger partial charge in [0, 0.05) is 35.8 Å². The first-order chi connectivity index (χ1) is 16.0. The number of rotatable bonds is 6. The standard InChI is InChI=1S/C25H24Cl2N4O2/c1-15-11-18(9-10-31(15)22-8-5-16(12-28)13-29-22)32-14-19-24(30-33-25(19)17-6-7-17)23-20(26)3-2-4-21(23)27/h2-5,8,13,15,17-18H,6-7,9-11,14H2,1H3/t15-,18-/m1/s1. The topological polar surface area (TPSA) is 75.2 Å². The fourth-order valence-corrected chi connectivity index (χ4v) is 5.07. The van der Waals surface area contributed by atoms with Gasteiger partial charge in [0.05, 0.1) is 28.3 Å². The van der Waals surface area contributed by atoms with Crippen LogP contribution in [0.5, 0.6) is 0 Å². The van der Waals surface area contributed by atoms with Crippen molar-refractivity contribution in [2.24, 2.45) is 0 Å². The van der Waals surface area contributed by atoms with Crippen molar-refractivity contribution in [2.75, 3.05) is 11.4 Å². The zero-order valence-corrected chi connectivity index (χ0v) is 19.8. The van der Waals surface area contributed by atoms with Crippen molar-refractivity contribution in [3.05, 3.63) is 63.5 Å². The molecule has 1 aliphatic heterocycles. The average molecular weight is 483 g/mol. The van der Waals surface area contributed by atoms with E-state index in [1.807, 2.05) is 30.3 Å². The molecule has 0 radical (unpaired) electrons. The molecule has 2 aliphatic rings. The molecular formula is C25H24Cl2N4O2. The summed E-state index contributed by atoms with van der Waals surface area (Å²) in [7, 11) is 0. The molecule has 5 rings (SSSR count). The minimum Gasteiger partial charge on any atom is -0.373 e. The molecular weight excluding hydrogens is 459 g/mol. The van der Waals surface area contributed by atoms with Crippen LogP contribution in [0.1, 0.15) is 55.4 Å². The molecule has 8 heteroatoms. The normalized spacial score (nSPS) is 20.6. The van der Waals surface area contributed by atoms with E-state index in [0.717, 1.165) is 49.4 Å². The van der Waals surface area contributed by atoms with Crippen molar-refractivity contribution in [2.45, 2.75) is 57.3 Å². The van der Waals surface area contributed by atoms with Gasteiger partial charge in [0.1, 0.15) is 23.3 Å². The SMILES string of the molecule is C[C@@H]1C[C@H](OCc2c(-c3c(Cl)cccc3Cl)noc2C2CC2)CCN1c1ccc(C#N)cn1. The molecule has 2 fully saturated rings. The molecule has 0 unspecified atom stereocenters. The molecule has 1 saturated carbocycles. The Kier molecular flexibility index (Phi) is 6.29. The molecule has 1 saturated heterocycles. The largest absolute Gasteiger partial charge is 0.373 e. The third-order valence-corrected chi connectivity index (χ3v) is 7.06. The Morgan fingerprint density at radius 3 is 2.61 bits per heavy atom. The average Bonchev–Trinajstić information content (AvgIpc) is 3.58. The van der Waals surface area contributed by atoms with Gasteiger partial charge in [-0.3, -0.25) is 0 Å². The maximum absolute atomic E-state index is 9.00. The summed E-state index contributed by atoms with van der Waals surface area (Å²) in [6.07, 6.45) is 5.71. The van der Waals surface area contributed by atoms with Gasteiger partial charge in [-0.15, -0.1) is 0 Å². The van der Waals surface area contributed by atoms with E-state index in [4.69, 9.17) is 37.7 Å². The third kappa shape index (κ3) is 4.59. The van der Waals surface area contributed by atoms with Crippen molar-refractivity contribution in [1.82, 2.24) is 10.1 Å². The van der Waals surface area contributed by atoms with Crippen LogP contribution >= 0.6 is 23.2 Å². The van der Waals surface area contributed by atoms with Gasteiger partial charge < -0.3 is 14.2 Å². The highest BCUT2D eigenvalue weighted by atomic mass is 35.5. The molecule has 0 spiro atoms. The molecule has 3 aromatic rings. The van der Waals surface area contributed by atoms with E-state index in [0.29, 0.717) is 39.4 Å². The molecule has 3 heterocycles. The molecule has 1 aromatic carbocycles. The summed E-state index contributed by atoms with van der Waals surface area (Å²) in [6.45, 7) is 3.44. The van der Waals surface area contributed by atoms with Crippen LogP contribution in [-0.2, 0) is 11.3 Å². The fraction of sp³-hybridized carbons (Fsp3) is 0.400. The van der Waals surface area contributed by atoms with Crippen LogP contribution in [0.25, 0.3) is 11.3 Å². The fourth-order valence-electron chi connectivity index (χ4n) is 4.49. The second-order valence-electron chi connectivity index (χ2n) is 8.76. The van der Waals surface area contributed by atoms with Crippen molar-refractivity contribution in [3.63, 3.8) is 0 Å². The number of hydrogen-bond donors (Lipinski definition) is 0. The smallest absolute Gasteiger partial charge is 0.145 e. The van der Waals surface area contributed by atoms with Crippen LogP contribution in [0.4, 0.5) is 5.82 Å². The number of ether oxygens (including phenoxy) is 1. The van der Waals surface area contributed by atoms with Gasteiger partial charge >= 0.3 is 0 Å². The first-order valence-corrected chi connectivity index (χ1v) is 12.0. The lowest BCUT2D eigenvalue weighted by atomic mass is 10.00. The molecule has 0 bridgehead atoms. The highest BCUT2D eigenvalue weighted by molar-refractivity contribution is 6.39. The summed E-state index contributed by atoms with van der Waals surface area (Å²) in [5, 5.41) is 14.5. The second kappa shape index (κ2) is 9.34. The Bertz CT molecular complexity index is 1160. The number of nitriles is 1. The Morgan fingerprint density at radius 2 is 1.97 bits per heavy atom. The summed E-state index contributed by atoms with van der Waals surface area (Å²) >= 11 is 12.9. The number of aromatic nitrogens is 2. The molecule has 2 aromatic heterocycles. The van der Waals surface area contributed by atoms with Crippen molar-refractivity contribution >= 4 is 29.0 Å². The van der Waals surface area contributed by atoms with E-state index in [1.165, 1.54) is 0 Å². The first-order valence-electron chi connectivity index (χ1n) is 11.2. The van der Waals surface area contributed by atoms with Crippen LogP contribution in [-0.4, -0.2) is 28.8 Å². The second-order valence-corrected chi connectivity index (χ2v) is 9.58. The molecule has 6 nitrogen and oxygen atoms in total. The molecule has 2 atom stereocenters. The number of hydrogen-bond acceptors (Lipinski definition) is 6. The number of halogens is 2. The van der Waals surface area contributed by atoms with Gasteiger partial charge in [0.2, 0.25) is 0 Å². The van der Waals surface area contributed by atoms with Gasteiger partial charge in [-0.2, -0.15) is 5.26 Å². The summed E-state index contributed by atoms with van der Waals surface area (Å²) in [5.41, 5.74) is 2.90. The minimum absolute atomic E-state index is 0.117. The van der Waals surface area contributed by atoms with Crippen molar-refractivity contribution in [1.29, 1.82) is 5.26 Å². The van der Waals surface area contributed by atoms with Gasteiger partial charge in [-0.25, -0.2) is 4.98 Å². The maximum atomic E-state index is 9.00. The minimum atomic E-state index is 0.117. The number of piperidine rings is 1.